The first-order valence-electron chi connectivity index (χ1n) is 8.71. The lowest BCUT2D eigenvalue weighted by molar-refractivity contribution is -0.128. The van der Waals surface area contributed by atoms with E-state index >= 15 is 0 Å². The van der Waals surface area contributed by atoms with Crippen LogP contribution in [0.15, 0.2) is 60.9 Å². The van der Waals surface area contributed by atoms with Gasteiger partial charge >= 0.3 is 6.18 Å². The largest absolute Gasteiger partial charge is 0.396 e. The molecule has 0 spiro atoms. The minimum absolute atomic E-state index is 0.0876. The second kappa shape index (κ2) is 7.69. The fraction of sp³-hybridized carbons (Fsp3) is 0.143. The minimum Gasteiger partial charge on any atom is -0.323 e. The average molecular weight is 436 g/mol. The van der Waals surface area contributed by atoms with Crippen molar-refractivity contribution in [2.24, 2.45) is 0 Å². The van der Waals surface area contributed by atoms with E-state index in [-0.39, 0.29) is 22.4 Å². The zero-order chi connectivity index (χ0) is 20.6. The SMILES string of the molecule is FC(F)(F)Cc1nc2cc(Cl)c(Cl)cc2n1Cc1ccccc1-c1ccncc1. The highest BCUT2D eigenvalue weighted by Crippen LogP contribution is 2.32. The summed E-state index contributed by atoms with van der Waals surface area (Å²) in [5, 5.41) is 0.515. The quantitative estimate of drug-likeness (QED) is 0.363. The number of halogens is 5. The van der Waals surface area contributed by atoms with Crippen LogP contribution in [-0.2, 0) is 13.0 Å². The normalized spacial score (nSPS) is 11.9. The summed E-state index contributed by atoms with van der Waals surface area (Å²) in [6.45, 7) is 0.207. The van der Waals surface area contributed by atoms with Crippen molar-refractivity contribution in [2.45, 2.75) is 19.1 Å². The topological polar surface area (TPSA) is 30.7 Å². The smallest absolute Gasteiger partial charge is 0.323 e. The van der Waals surface area contributed by atoms with Crippen LogP contribution in [0.3, 0.4) is 0 Å². The van der Waals surface area contributed by atoms with Crippen LogP contribution >= 0.6 is 23.2 Å². The Kier molecular flexibility index (Phi) is 5.23. The van der Waals surface area contributed by atoms with E-state index in [1.54, 1.807) is 23.0 Å². The third-order valence-corrected chi connectivity index (χ3v) is 5.29. The highest BCUT2D eigenvalue weighted by atomic mass is 35.5. The Morgan fingerprint density at radius 2 is 1.62 bits per heavy atom. The third kappa shape index (κ3) is 4.23. The Morgan fingerprint density at radius 1 is 0.931 bits per heavy atom. The molecule has 4 aromatic rings. The van der Waals surface area contributed by atoms with Crippen LogP contribution in [0.5, 0.6) is 0 Å². The van der Waals surface area contributed by atoms with Gasteiger partial charge < -0.3 is 4.57 Å². The average Bonchev–Trinajstić information content (AvgIpc) is 2.98. The summed E-state index contributed by atoms with van der Waals surface area (Å²) < 4.78 is 41.1. The predicted molar refractivity (Wildman–Crippen MR) is 108 cm³/mol. The van der Waals surface area contributed by atoms with Crippen molar-refractivity contribution in [1.82, 2.24) is 14.5 Å². The van der Waals surface area contributed by atoms with E-state index in [9.17, 15) is 13.2 Å². The molecule has 0 fully saturated rings. The van der Waals surface area contributed by atoms with Gasteiger partial charge in [-0.2, -0.15) is 13.2 Å². The van der Waals surface area contributed by atoms with Gasteiger partial charge in [0.15, 0.2) is 0 Å². The molecule has 0 saturated heterocycles. The molecule has 0 aliphatic carbocycles. The van der Waals surface area contributed by atoms with Crippen molar-refractivity contribution < 1.29 is 13.2 Å². The maximum Gasteiger partial charge on any atom is 0.396 e. The second-order valence-corrected chi connectivity index (χ2v) is 7.37. The fourth-order valence-corrected chi connectivity index (χ4v) is 3.62. The number of imidazole rings is 1. The molecule has 0 N–H and O–H groups in total. The number of fused-ring (bicyclic) bond motifs is 1. The van der Waals surface area contributed by atoms with Crippen molar-refractivity contribution in [2.75, 3.05) is 0 Å². The maximum absolute atomic E-state index is 13.2. The van der Waals surface area contributed by atoms with Gasteiger partial charge in [0.1, 0.15) is 12.2 Å². The van der Waals surface area contributed by atoms with Crippen molar-refractivity contribution in [3.05, 3.63) is 82.4 Å². The number of rotatable bonds is 4. The van der Waals surface area contributed by atoms with E-state index in [1.165, 1.54) is 6.07 Å². The number of benzene rings is 2. The Labute approximate surface area is 174 Å². The molecule has 0 radical (unpaired) electrons. The molecule has 4 rings (SSSR count). The predicted octanol–water partition coefficient (Wildman–Crippen LogP) is 6.56. The number of hydrogen-bond acceptors (Lipinski definition) is 2. The van der Waals surface area contributed by atoms with Gasteiger partial charge in [0.05, 0.1) is 21.1 Å². The number of alkyl halides is 3. The Bertz CT molecular complexity index is 1170. The lowest BCUT2D eigenvalue weighted by atomic mass is 10.0. The molecule has 29 heavy (non-hydrogen) atoms. The summed E-state index contributed by atoms with van der Waals surface area (Å²) in [6.07, 6.45) is -2.18. The first-order valence-corrected chi connectivity index (χ1v) is 9.46. The summed E-state index contributed by atoms with van der Waals surface area (Å²) in [7, 11) is 0. The van der Waals surface area contributed by atoms with Crippen LogP contribution in [0, 0.1) is 0 Å². The van der Waals surface area contributed by atoms with E-state index < -0.39 is 12.6 Å². The van der Waals surface area contributed by atoms with E-state index in [0.717, 1.165) is 16.7 Å². The molecule has 2 aromatic carbocycles. The lowest BCUT2D eigenvalue weighted by Crippen LogP contribution is -2.17. The standard InChI is InChI=1S/C21H14Cl2F3N3/c22-16-9-18-19(10-17(16)23)29(20(28-18)11-21(24,25)26)12-14-3-1-2-4-15(14)13-5-7-27-8-6-13/h1-10H,11-12H2. The van der Waals surface area contributed by atoms with E-state index in [1.807, 2.05) is 36.4 Å². The highest BCUT2D eigenvalue weighted by Gasteiger charge is 2.31. The number of pyridine rings is 1. The molecule has 0 aliphatic heterocycles. The fourth-order valence-electron chi connectivity index (χ4n) is 3.30. The summed E-state index contributed by atoms with van der Waals surface area (Å²) >= 11 is 12.2. The Morgan fingerprint density at radius 3 is 2.34 bits per heavy atom. The van der Waals surface area contributed by atoms with Crippen molar-refractivity contribution in [1.29, 1.82) is 0 Å². The molecule has 0 unspecified atom stereocenters. The van der Waals surface area contributed by atoms with E-state index in [4.69, 9.17) is 23.2 Å². The molecule has 3 nitrogen and oxygen atoms in total. The molecule has 0 bridgehead atoms. The first-order chi connectivity index (χ1) is 13.8. The Balaban J connectivity index is 1.86. The van der Waals surface area contributed by atoms with Gasteiger partial charge in [-0.3, -0.25) is 4.98 Å². The summed E-state index contributed by atoms with van der Waals surface area (Å²) in [6, 6.07) is 14.3. The van der Waals surface area contributed by atoms with Gasteiger partial charge in [0.2, 0.25) is 0 Å². The first kappa shape index (κ1) is 19.7. The number of nitrogens with zero attached hydrogens (tertiary/aromatic N) is 3. The third-order valence-electron chi connectivity index (χ3n) is 4.57. The molecule has 148 valence electrons. The highest BCUT2D eigenvalue weighted by molar-refractivity contribution is 6.42. The monoisotopic (exact) mass is 435 g/mol. The van der Waals surface area contributed by atoms with Crippen LogP contribution in [-0.4, -0.2) is 20.7 Å². The lowest BCUT2D eigenvalue weighted by Gasteiger charge is -2.14. The molecule has 0 saturated carbocycles. The number of hydrogen-bond donors (Lipinski definition) is 0. The summed E-state index contributed by atoms with van der Waals surface area (Å²) in [5.74, 6) is -0.0876. The van der Waals surface area contributed by atoms with E-state index in [0.29, 0.717) is 11.0 Å². The molecule has 2 aromatic heterocycles. The van der Waals surface area contributed by atoms with Gasteiger partial charge in [-0.15, -0.1) is 0 Å². The van der Waals surface area contributed by atoms with Crippen LogP contribution in [0.1, 0.15) is 11.4 Å². The number of aromatic nitrogens is 3. The molecule has 2 heterocycles. The summed E-state index contributed by atoms with van der Waals surface area (Å²) in [5.41, 5.74) is 3.57. The molecule has 0 amide bonds. The second-order valence-electron chi connectivity index (χ2n) is 6.55. The van der Waals surface area contributed by atoms with Crippen molar-refractivity contribution in [3.63, 3.8) is 0 Å². The van der Waals surface area contributed by atoms with Gasteiger partial charge in [-0.1, -0.05) is 47.5 Å². The Hall–Kier alpha value is -2.57. The van der Waals surface area contributed by atoms with Gasteiger partial charge in [-0.25, -0.2) is 4.98 Å². The van der Waals surface area contributed by atoms with E-state index in [2.05, 4.69) is 9.97 Å². The summed E-state index contributed by atoms with van der Waals surface area (Å²) in [4.78, 5) is 8.21. The molecule has 0 aliphatic rings. The molecular formula is C21H14Cl2F3N3. The van der Waals surface area contributed by atoms with Crippen molar-refractivity contribution >= 4 is 34.2 Å². The van der Waals surface area contributed by atoms with Crippen LogP contribution in [0.2, 0.25) is 10.0 Å². The minimum atomic E-state index is -4.39. The maximum atomic E-state index is 13.2. The van der Waals surface area contributed by atoms with Gasteiger partial charge in [-0.05, 0) is 41.0 Å². The van der Waals surface area contributed by atoms with Crippen molar-refractivity contribution in [3.8, 4) is 11.1 Å². The zero-order valence-electron chi connectivity index (χ0n) is 14.9. The van der Waals surface area contributed by atoms with Crippen LogP contribution in [0.25, 0.3) is 22.2 Å². The molecule has 8 heteroatoms. The molecule has 0 atom stereocenters. The van der Waals surface area contributed by atoms with Gasteiger partial charge in [0.25, 0.3) is 0 Å². The van der Waals surface area contributed by atoms with Crippen LogP contribution < -0.4 is 0 Å². The zero-order valence-corrected chi connectivity index (χ0v) is 16.4. The van der Waals surface area contributed by atoms with Gasteiger partial charge in [0, 0.05) is 18.9 Å². The molecular weight excluding hydrogens is 422 g/mol. The van der Waals surface area contributed by atoms with Crippen LogP contribution in [0.4, 0.5) is 13.2 Å².